The van der Waals surface area contributed by atoms with Gasteiger partial charge in [0.1, 0.15) is 0 Å². The number of nitrogens with one attached hydrogen (secondary N) is 1. The molecule has 1 fully saturated rings. The number of aryl methyl sites for hydroxylation is 2. The van der Waals surface area contributed by atoms with Crippen molar-refractivity contribution in [1.29, 1.82) is 0 Å². The molecule has 4 aromatic rings. The van der Waals surface area contributed by atoms with Crippen molar-refractivity contribution >= 4 is 22.6 Å². The minimum absolute atomic E-state index is 0.317. The standard InChI is InChI=1S/C25H24N4O2/c1-17-7-9-18(10-8-17)23-22(20-15-27-21-6-3-2-5-19(20)21)24(30)25(31)29(23)13-4-12-28-14-11-26-16-28/h2-3,5-11,14-16,22-23,27H,4,12-13H2,1H3. The van der Waals surface area contributed by atoms with Gasteiger partial charge >= 0.3 is 0 Å². The number of fused-ring (bicyclic) bond motifs is 1. The SMILES string of the molecule is Cc1ccc(C2C(c3c[nH]c4ccccc34)C(=O)C(=O)N2CCCn2ccnc2)cc1. The molecule has 0 saturated carbocycles. The van der Waals surface area contributed by atoms with Crippen LogP contribution in [0.25, 0.3) is 10.9 Å². The van der Waals surface area contributed by atoms with E-state index in [1.807, 2.05) is 72.4 Å². The third kappa shape index (κ3) is 3.44. The van der Waals surface area contributed by atoms with Crippen LogP contribution in [0.5, 0.6) is 0 Å². The summed E-state index contributed by atoms with van der Waals surface area (Å²) in [4.78, 5) is 35.5. The van der Waals surface area contributed by atoms with E-state index in [4.69, 9.17) is 0 Å². The van der Waals surface area contributed by atoms with E-state index in [-0.39, 0.29) is 11.8 Å². The fourth-order valence-corrected chi connectivity index (χ4v) is 4.61. The molecule has 1 aliphatic rings. The Hall–Kier alpha value is -3.67. The Morgan fingerprint density at radius 3 is 2.61 bits per heavy atom. The smallest absolute Gasteiger partial charge is 0.291 e. The second kappa shape index (κ2) is 7.87. The van der Waals surface area contributed by atoms with Crippen molar-refractivity contribution in [1.82, 2.24) is 19.4 Å². The Balaban J connectivity index is 1.53. The molecule has 2 aromatic carbocycles. The number of amides is 1. The monoisotopic (exact) mass is 412 g/mol. The summed E-state index contributed by atoms with van der Waals surface area (Å²) in [5, 5.41) is 0.992. The van der Waals surface area contributed by atoms with Crippen LogP contribution in [-0.4, -0.2) is 37.7 Å². The topological polar surface area (TPSA) is 71.0 Å². The fraction of sp³-hybridized carbons (Fsp3) is 0.240. The molecule has 5 rings (SSSR count). The molecule has 1 saturated heterocycles. The summed E-state index contributed by atoms with van der Waals surface area (Å²) < 4.78 is 1.99. The second-order valence-electron chi connectivity index (χ2n) is 8.14. The maximum Gasteiger partial charge on any atom is 0.291 e. The van der Waals surface area contributed by atoms with E-state index >= 15 is 0 Å². The second-order valence-corrected chi connectivity index (χ2v) is 8.14. The van der Waals surface area contributed by atoms with Crippen LogP contribution in [0.3, 0.4) is 0 Å². The lowest BCUT2D eigenvalue weighted by atomic mass is 9.86. The number of carbonyl (C=O) groups is 2. The van der Waals surface area contributed by atoms with Crippen LogP contribution in [0.15, 0.2) is 73.4 Å². The summed E-state index contributed by atoms with van der Waals surface area (Å²) in [7, 11) is 0. The summed E-state index contributed by atoms with van der Waals surface area (Å²) in [5.41, 5.74) is 3.99. The van der Waals surface area contributed by atoms with Crippen molar-refractivity contribution in [3.63, 3.8) is 0 Å². The van der Waals surface area contributed by atoms with Gasteiger partial charge in [-0.3, -0.25) is 9.59 Å². The number of hydrogen-bond acceptors (Lipinski definition) is 3. The predicted molar refractivity (Wildman–Crippen MR) is 119 cm³/mol. The average Bonchev–Trinajstić information content (AvgIpc) is 3.50. The highest BCUT2D eigenvalue weighted by Gasteiger charge is 2.49. The molecule has 6 heteroatoms. The normalized spacial score (nSPS) is 18.9. The number of ketones is 1. The van der Waals surface area contributed by atoms with Gasteiger partial charge in [-0.05, 0) is 30.5 Å². The lowest BCUT2D eigenvalue weighted by molar-refractivity contribution is -0.140. The number of benzene rings is 2. The van der Waals surface area contributed by atoms with Crippen molar-refractivity contribution in [2.24, 2.45) is 0 Å². The van der Waals surface area contributed by atoms with Gasteiger partial charge in [0.25, 0.3) is 5.91 Å². The maximum absolute atomic E-state index is 13.3. The van der Waals surface area contributed by atoms with E-state index in [1.165, 1.54) is 0 Å². The number of aromatic nitrogens is 3. The van der Waals surface area contributed by atoms with Gasteiger partial charge in [-0.15, -0.1) is 0 Å². The number of aromatic amines is 1. The first-order valence-electron chi connectivity index (χ1n) is 10.6. The summed E-state index contributed by atoms with van der Waals surface area (Å²) in [6, 6.07) is 15.8. The van der Waals surface area contributed by atoms with Gasteiger partial charge in [-0.25, -0.2) is 4.98 Å². The predicted octanol–water partition coefficient (Wildman–Crippen LogP) is 4.00. The first-order chi connectivity index (χ1) is 15.1. The summed E-state index contributed by atoms with van der Waals surface area (Å²) in [5.74, 6) is -1.26. The Kier molecular flexibility index (Phi) is 4.90. The maximum atomic E-state index is 13.3. The fourth-order valence-electron chi connectivity index (χ4n) is 4.61. The van der Waals surface area contributed by atoms with Crippen LogP contribution in [0, 0.1) is 6.92 Å². The number of Topliss-reactive ketones (excluding diaryl/α,β-unsaturated/α-hetero) is 1. The van der Waals surface area contributed by atoms with Gasteiger partial charge in [0.05, 0.1) is 18.3 Å². The van der Waals surface area contributed by atoms with Crippen molar-refractivity contribution < 1.29 is 9.59 Å². The zero-order valence-electron chi connectivity index (χ0n) is 17.4. The van der Waals surface area contributed by atoms with Crippen molar-refractivity contribution in [3.8, 4) is 0 Å². The van der Waals surface area contributed by atoms with Crippen LogP contribution >= 0.6 is 0 Å². The largest absolute Gasteiger partial charge is 0.361 e. The molecule has 0 radical (unpaired) electrons. The van der Waals surface area contributed by atoms with Gasteiger partial charge < -0.3 is 14.5 Å². The molecule has 156 valence electrons. The van der Waals surface area contributed by atoms with E-state index in [0.29, 0.717) is 6.54 Å². The van der Waals surface area contributed by atoms with Gasteiger partial charge in [0.15, 0.2) is 0 Å². The number of likely N-dealkylation sites (tertiary alicyclic amines) is 1. The third-order valence-electron chi connectivity index (χ3n) is 6.16. The molecule has 0 aliphatic carbocycles. The molecule has 31 heavy (non-hydrogen) atoms. The number of hydrogen-bond donors (Lipinski definition) is 1. The van der Waals surface area contributed by atoms with Crippen LogP contribution in [0.1, 0.15) is 35.1 Å². The molecule has 1 N–H and O–H groups in total. The zero-order chi connectivity index (χ0) is 21.4. The van der Waals surface area contributed by atoms with Crippen LogP contribution in [0.4, 0.5) is 0 Å². The summed E-state index contributed by atoms with van der Waals surface area (Å²) in [6.07, 6.45) is 8.05. The quantitative estimate of drug-likeness (QED) is 0.487. The number of para-hydroxylation sites is 1. The molecular formula is C25H24N4O2. The number of nitrogens with zero attached hydrogens (tertiary/aromatic N) is 3. The number of imidazole rings is 1. The van der Waals surface area contributed by atoms with E-state index in [1.54, 1.807) is 17.4 Å². The molecule has 2 aromatic heterocycles. The van der Waals surface area contributed by atoms with E-state index in [9.17, 15) is 9.59 Å². The van der Waals surface area contributed by atoms with Crippen molar-refractivity contribution in [3.05, 3.63) is 90.1 Å². The number of carbonyl (C=O) groups excluding carboxylic acids is 2. The Labute approximate surface area is 180 Å². The van der Waals surface area contributed by atoms with Gasteiger partial charge in [-0.1, -0.05) is 48.0 Å². The van der Waals surface area contributed by atoms with Crippen molar-refractivity contribution in [2.75, 3.05) is 6.54 Å². The average molecular weight is 412 g/mol. The molecule has 1 amide bonds. The molecule has 2 unspecified atom stereocenters. The van der Waals surface area contributed by atoms with E-state index in [0.717, 1.165) is 40.6 Å². The van der Waals surface area contributed by atoms with Crippen LogP contribution in [0.2, 0.25) is 0 Å². The summed E-state index contributed by atoms with van der Waals surface area (Å²) in [6.45, 7) is 3.30. The van der Waals surface area contributed by atoms with Gasteiger partial charge in [0.2, 0.25) is 5.78 Å². The van der Waals surface area contributed by atoms with E-state index < -0.39 is 11.8 Å². The Morgan fingerprint density at radius 1 is 1.03 bits per heavy atom. The molecule has 6 nitrogen and oxygen atoms in total. The first-order valence-corrected chi connectivity index (χ1v) is 10.6. The minimum atomic E-state index is -0.528. The van der Waals surface area contributed by atoms with Crippen molar-refractivity contribution in [2.45, 2.75) is 31.8 Å². The number of H-pyrrole nitrogens is 1. The number of rotatable bonds is 6. The molecule has 3 heterocycles. The van der Waals surface area contributed by atoms with E-state index in [2.05, 4.69) is 9.97 Å². The summed E-state index contributed by atoms with van der Waals surface area (Å²) >= 11 is 0. The lowest BCUT2D eigenvalue weighted by Gasteiger charge is -2.28. The Morgan fingerprint density at radius 2 is 1.84 bits per heavy atom. The lowest BCUT2D eigenvalue weighted by Crippen LogP contribution is -2.31. The minimum Gasteiger partial charge on any atom is -0.361 e. The van der Waals surface area contributed by atoms with Crippen LogP contribution in [-0.2, 0) is 16.1 Å². The zero-order valence-corrected chi connectivity index (χ0v) is 17.4. The molecule has 0 bridgehead atoms. The van der Waals surface area contributed by atoms with Gasteiger partial charge in [0, 0.05) is 42.6 Å². The van der Waals surface area contributed by atoms with Gasteiger partial charge in [-0.2, -0.15) is 0 Å². The molecule has 2 atom stereocenters. The highest BCUT2D eigenvalue weighted by Crippen LogP contribution is 2.44. The highest BCUT2D eigenvalue weighted by molar-refractivity contribution is 6.40. The first kappa shape index (κ1) is 19.3. The highest BCUT2D eigenvalue weighted by atomic mass is 16.2. The third-order valence-corrected chi connectivity index (χ3v) is 6.16. The Bertz CT molecular complexity index is 1220. The van der Waals surface area contributed by atoms with Crippen LogP contribution < -0.4 is 0 Å². The molecule has 1 aliphatic heterocycles. The molecule has 0 spiro atoms. The molecular weight excluding hydrogens is 388 g/mol.